The molecule has 0 radical (unpaired) electrons. The Morgan fingerprint density at radius 3 is 2.33 bits per heavy atom. The van der Waals surface area contributed by atoms with Gasteiger partial charge >= 0.3 is 0 Å². The first-order chi connectivity index (χ1) is 5.52. The molecule has 0 aliphatic heterocycles. The SMILES string of the molecule is C=C[C@H](N)C(C)(C=C)N(C)CC. The van der Waals surface area contributed by atoms with Crippen molar-refractivity contribution in [3.05, 3.63) is 25.3 Å². The first kappa shape index (κ1) is 11.4. The van der Waals surface area contributed by atoms with E-state index in [4.69, 9.17) is 5.73 Å². The minimum atomic E-state index is -0.184. The van der Waals surface area contributed by atoms with Gasteiger partial charge in [-0.1, -0.05) is 19.1 Å². The predicted molar refractivity (Wildman–Crippen MR) is 55.1 cm³/mol. The molecule has 0 aromatic carbocycles. The van der Waals surface area contributed by atoms with Gasteiger partial charge in [-0.25, -0.2) is 0 Å². The van der Waals surface area contributed by atoms with E-state index in [9.17, 15) is 0 Å². The van der Waals surface area contributed by atoms with Crippen molar-refractivity contribution >= 4 is 0 Å². The van der Waals surface area contributed by atoms with E-state index in [2.05, 4.69) is 31.9 Å². The molecule has 0 rings (SSSR count). The summed E-state index contributed by atoms with van der Waals surface area (Å²) in [6.07, 6.45) is 3.64. The van der Waals surface area contributed by atoms with Crippen LogP contribution in [0.15, 0.2) is 25.3 Å². The zero-order chi connectivity index (χ0) is 9.78. The summed E-state index contributed by atoms with van der Waals surface area (Å²) < 4.78 is 0. The Labute approximate surface area is 75.7 Å². The molecule has 12 heavy (non-hydrogen) atoms. The van der Waals surface area contributed by atoms with Crippen molar-refractivity contribution in [2.45, 2.75) is 25.4 Å². The van der Waals surface area contributed by atoms with Gasteiger partial charge in [-0.3, -0.25) is 4.90 Å². The first-order valence-corrected chi connectivity index (χ1v) is 4.25. The fourth-order valence-electron chi connectivity index (χ4n) is 1.13. The first-order valence-electron chi connectivity index (χ1n) is 4.25. The Balaban J connectivity index is 4.64. The second kappa shape index (κ2) is 4.43. The molecule has 0 aliphatic carbocycles. The Bertz CT molecular complexity index is 165. The molecule has 0 spiro atoms. The summed E-state index contributed by atoms with van der Waals surface area (Å²) in [6.45, 7) is 12.6. The second-order valence-electron chi connectivity index (χ2n) is 3.21. The van der Waals surface area contributed by atoms with Crippen LogP contribution < -0.4 is 5.73 Å². The Morgan fingerprint density at radius 2 is 2.08 bits per heavy atom. The van der Waals surface area contributed by atoms with Gasteiger partial charge < -0.3 is 5.73 Å². The van der Waals surface area contributed by atoms with E-state index >= 15 is 0 Å². The van der Waals surface area contributed by atoms with Crippen LogP contribution in [0.4, 0.5) is 0 Å². The standard InChI is InChI=1S/C10H20N2/c1-6-9(11)10(4,7-2)12(5)8-3/h6-7,9H,1-2,8,11H2,3-5H3/t9-,10?/m0/s1. The van der Waals surface area contributed by atoms with Crippen LogP contribution in [-0.4, -0.2) is 30.1 Å². The Hall–Kier alpha value is -0.600. The average molecular weight is 168 g/mol. The third-order valence-corrected chi connectivity index (χ3v) is 2.64. The molecule has 2 heteroatoms. The van der Waals surface area contributed by atoms with Crippen LogP contribution in [0, 0.1) is 0 Å². The van der Waals surface area contributed by atoms with Crippen LogP contribution in [0.1, 0.15) is 13.8 Å². The monoisotopic (exact) mass is 168 g/mol. The number of nitrogens with two attached hydrogens (primary N) is 1. The zero-order valence-electron chi connectivity index (χ0n) is 8.38. The van der Waals surface area contributed by atoms with Crippen LogP contribution in [0.2, 0.25) is 0 Å². The van der Waals surface area contributed by atoms with E-state index in [-0.39, 0.29) is 11.6 Å². The van der Waals surface area contributed by atoms with Gasteiger partial charge in [0.05, 0.1) is 5.54 Å². The maximum absolute atomic E-state index is 5.91. The summed E-state index contributed by atoms with van der Waals surface area (Å²) >= 11 is 0. The Kier molecular flexibility index (Phi) is 4.21. The van der Waals surface area contributed by atoms with Gasteiger partial charge in [0.2, 0.25) is 0 Å². The highest BCUT2D eigenvalue weighted by Crippen LogP contribution is 2.18. The molecule has 1 unspecified atom stereocenters. The molecular formula is C10H20N2. The van der Waals surface area contributed by atoms with Crippen molar-refractivity contribution in [1.82, 2.24) is 4.90 Å². The van der Waals surface area contributed by atoms with Crippen molar-refractivity contribution in [2.24, 2.45) is 5.73 Å². The minimum Gasteiger partial charge on any atom is -0.323 e. The van der Waals surface area contributed by atoms with Gasteiger partial charge in [0.1, 0.15) is 0 Å². The molecule has 0 amide bonds. The van der Waals surface area contributed by atoms with Gasteiger partial charge in [0, 0.05) is 6.04 Å². The van der Waals surface area contributed by atoms with Crippen LogP contribution in [-0.2, 0) is 0 Å². The molecule has 0 saturated carbocycles. The Morgan fingerprint density at radius 1 is 1.58 bits per heavy atom. The van der Waals surface area contributed by atoms with Crippen molar-refractivity contribution in [3.8, 4) is 0 Å². The lowest BCUT2D eigenvalue weighted by Crippen LogP contribution is -2.54. The largest absolute Gasteiger partial charge is 0.323 e. The predicted octanol–water partition coefficient (Wildman–Crippen LogP) is 1.40. The highest BCUT2D eigenvalue weighted by Gasteiger charge is 2.29. The van der Waals surface area contributed by atoms with Crippen LogP contribution >= 0.6 is 0 Å². The summed E-state index contributed by atoms with van der Waals surface area (Å²) in [4.78, 5) is 2.16. The molecule has 0 bridgehead atoms. The summed E-state index contributed by atoms with van der Waals surface area (Å²) in [5, 5.41) is 0. The van der Waals surface area contributed by atoms with Crippen molar-refractivity contribution < 1.29 is 0 Å². The second-order valence-corrected chi connectivity index (χ2v) is 3.21. The molecule has 0 aromatic rings. The number of nitrogens with zero attached hydrogens (tertiary/aromatic N) is 1. The van der Waals surface area contributed by atoms with Crippen molar-refractivity contribution in [2.75, 3.05) is 13.6 Å². The summed E-state index contributed by atoms with van der Waals surface area (Å²) in [5.41, 5.74) is 5.72. The van der Waals surface area contributed by atoms with E-state index in [0.717, 1.165) is 6.54 Å². The molecule has 70 valence electrons. The molecule has 0 fully saturated rings. The molecule has 0 aromatic heterocycles. The van der Waals surface area contributed by atoms with Crippen LogP contribution in [0.5, 0.6) is 0 Å². The number of likely N-dealkylation sites (N-methyl/N-ethyl adjacent to an activating group) is 1. The molecule has 0 heterocycles. The average Bonchev–Trinajstić information content (AvgIpc) is 2.13. The van der Waals surface area contributed by atoms with Gasteiger partial charge in [-0.2, -0.15) is 0 Å². The summed E-state index contributed by atoms with van der Waals surface area (Å²) in [5.74, 6) is 0. The maximum Gasteiger partial charge on any atom is 0.0545 e. The lowest BCUT2D eigenvalue weighted by Gasteiger charge is -2.39. The molecule has 2 atom stereocenters. The third-order valence-electron chi connectivity index (χ3n) is 2.64. The smallest absolute Gasteiger partial charge is 0.0545 e. The maximum atomic E-state index is 5.91. The van der Waals surface area contributed by atoms with E-state index in [1.807, 2.05) is 13.1 Å². The fraction of sp³-hybridized carbons (Fsp3) is 0.600. The van der Waals surface area contributed by atoms with Crippen LogP contribution in [0.25, 0.3) is 0 Å². The fourth-order valence-corrected chi connectivity index (χ4v) is 1.13. The lowest BCUT2D eigenvalue weighted by molar-refractivity contribution is 0.179. The van der Waals surface area contributed by atoms with Crippen LogP contribution in [0.3, 0.4) is 0 Å². The van der Waals surface area contributed by atoms with E-state index in [1.165, 1.54) is 0 Å². The highest BCUT2D eigenvalue weighted by atomic mass is 15.2. The van der Waals surface area contributed by atoms with Gasteiger partial charge in [-0.15, -0.1) is 13.2 Å². The summed E-state index contributed by atoms with van der Waals surface area (Å²) in [7, 11) is 2.03. The third kappa shape index (κ3) is 1.96. The minimum absolute atomic E-state index is 0.0695. The van der Waals surface area contributed by atoms with Crippen molar-refractivity contribution in [3.63, 3.8) is 0 Å². The number of hydrogen-bond donors (Lipinski definition) is 1. The van der Waals surface area contributed by atoms with E-state index in [1.54, 1.807) is 6.08 Å². The number of hydrogen-bond acceptors (Lipinski definition) is 2. The lowest BCUT2D eigenvalue weighted by atomic mass is 9.91. The molecule has 2 nitrogen and oxygen atoms in total. The topological polar surface area (TPSA) is 29.3 Å². The molecule has 0 saturated heterocycles. The quantitative estimate of drug-likeness (QED) is 0.629. The highest BCUT2D eigenvalue weighted by molar-refractivity contribution is 5.12. The van der Waals surface area contributed by atoms with Gasteiger partial charge in [-0.05, 0) is 20.5 Å². The molecular weight excluding hydrogens is 148 g/mol. The molecule has 2 N–H and O–H groups in total. The number of rotatable bonds is 5. The van der Waals surface area contributed by atoms with Gasteiger partial charge in [0.15, 0.2) is 0 Å². The normalized spacial score (nSPS) is 18.4. The zero-order valence-corrected chi connectivity index (χ0v) is 8.38. The van der Waals surface area contributed by atoms with Gasteiger partial charge in [0.25, 0.3) is 0 Å². The van der Waals surface area contributed by atoms with E-state index < -0.39 is 0 Å². The van der Waals surface area contributed by atoms with E-state index in [0.29, 0.717) is 0 Å². The molecule has 0 aliphatic rings. The van der Waals surface area contributed by atoms with Crippen molar-refractivity contribution in [1.29, 1.82) is 0 Å². The summed E-state index contributed by atoms with van der Waals surface area (Å²) in [6, 6.07) is -0.0695.